The summed E-state index contributed by atoms with van der Waals surface area (Å²) in [6, 6.07) is 10.7. The topological polar surface area (TPSA) is 56.7 Å². The van der Waals surface area contributed by atoms with Gasteiger partial charge >= 0.3 is 5.97 Å². The van der Waals surface area contributed by atoms with Gasteiger partial charge in [-0.3, -0.25) is 14.7 Å². The Morgan fingerprint density at radius 1 is 1.13 bits per heavy atom. The third-order valence-corrected chi connectivity index (χ3v) is 4.36. The van der Waals surface area contributed by atoms with Crippen LogP contribution in [0.1, 0.15) is 11.6 Å². The number of hydrogen-bond acceptors (Lipinski definition) is 4. The van der Waals surface area contributed by atoms with E-state index in [-0.39, 0.29) is 0 Å². The number of halogens is 1. The monoisotopic (exact) mass is 331 g/mol. The zero-order valence-corrected chi connectivity index (χ0v) is 13.4. The molecule has 1 saturated heterocycles. The summed E-state index contributed by atoms with van der Waals surface area (Å²) in [5.74, 6) is -0.835. The molecule has 1 aromatic heterocycles. The molecule has 120 valence electrons. The zero-order valence-electron chi connectivity index (χ0n) is 12.6. The maximum atomic E-state index is 11.7. The lowest BCUT2D eigenvalue weighted by Gasteiger charge is -2.38. The van der Waals surface area contributed by atoms with Gasteiger partial charge < -0.3 is 10.0 Å². The van der Waals surface area contributed by atoms with Crippen LogP contribution in [-0.4, -0.2) is 47.1 Å². The molecule has 1 aliphatic rings. The number of piperazine rings is 1. The number of aliphatic carboxylic acids is 1. The standard InChI is InChI=1S/C17H18ClN3O2/c18-14-3-5-15(6-4-14)20-8-10-21(11-9-20)16(17(22)23)13-2-1-7-19-12-13/h1-7,12,16H,8-11H2,(H,22,23)/t16-/m1/s1. The number of pyridine rings is 1. The molecule has 1 N–H and O–H groups in total. The van der Waals surface area contributed by atoms with Gasteiger partial charge in [-0.25, -0.2) is 0 Å². The van der Waals surface area contributed by atoms with Gasteiger partial charge in [-0.2, -0.15) is 0 Å². The van der Waals surface area contributed by atoms with Crippen LogP contribution in [0.15, 0.2) is 48.8 Å². The molecule has 0 bridgehead atoms. The number of anilines is 1. The predicted octanol–water partition coefficient (Wildman–Crippen LogP) is 2.68. The summed E-state index contributed by atoms with van der Waals surface area (Å²) >= 11 is 5.92. The number of aromatic nitrogens is 1. The van der Waals surface area contributed by atoms with Crippen LogP contribution < -0.4 is 4.90 Å². The molecule has 2 heterocycles. The van der Waals surface area contributed by atoms with Gasteiger partial charge in [-0.05, 0) is 35.9 Å². The van der Waals surface area contributed by atoms with E-state index in [0.717, 1.165) is 29.4 Å². The third-order valence-electron chi connectivity index (χ3n) is 4.11. The van der Waals surface area contributed by atoms with E-state index in [1.165, 1.54) is 0 Å². The molecule has 1 aliphatic heterocycles. The number of carbonyl (C=O) groups is 1. The van der Waals surface area contributed by atoms with Crippen LogP contribution >= 0.6 is 11.6 Å². The molecule has 0 amide bonds. The average molecular weight is 332 g/mol. The highest BCUT2D eigenvalue weighted by molar-refractivity contribution is 6.30. The highest BCUT2D eigenvalue weighted by Gasteiger charge is 2.30. The highest BCUT2D eigenvalue weighted by atomic mass is 35.5. The fourth-order valence-electron chi connectivity index (χ4n) is 2.94. The van der Waals surface area contributed by atoms with E-state index in [2.05, 4.69) is 9.88 Å². The van der Waals surface area contributed by atoms with E-state index in [9.17, 15) is 9.90 Å². The summed E-state index contributed by atoms with van der Waals surface area (Å²) in [5, 5.41) is 10.3. The molecular weight excluding hydrogens is 314 g/mol. The SMILES string of the molecule is O=C(O)[C@@H](c1cccnc1)N1CCN(c2ccc(Cl)cc2)CC1. The van der Waals surface area contributed by atoms with Crippen molar-refractivity contribution in [1.29, 1.82) is 0 Å². The van der Waals surface area contributed by atoms with Crippen molar-refractivity contribution >= 4 is 23.3 Å². The minimum atomic E-state index is -0.835. The first kappa shape index (κ1) is 15.8. The molecule has 0 aliphatic carbocycles. The number of hydrogen-bond donors (Lipinski definition) is 1. The molecule has 1 fully saturated rings. The number of carboxylic acids is 1. The summed E-state index contributed by atoms with van der Waals surface area (Å²) in [6.45, 7) is 2.94. The Hall–Kier alpha value is -2.11. The lowest BCUT2D eigenvalue weighted by molar-refractivity contribution is -0.143. The van der Waals surface area contributed by atoms with Gasteiger partial charge in [0.25, 0.3) is 0 Å². The maximum Gasteiger partial charge on any atom is 0.325 e. The second-order valence-corrected chi connectivity index (χ2v) is 5.96. The minimum absolute atomic E-state index is 0.643. The first-order valence-electron chi connectivity index (χ1n) is 7.52. The van der Waals surface area contributed by atoms with Crippen LogP contribution in [0.2, 0.25) is 5.02 Å². The molecule has 5 nitrogen and oxygen atoms in total. The molecule has 1 atom stereocenters. The van der Waals surface area contributed by atoms with Crippen molar-refractivity contribution in [3.63, 3.8) is 0 Å². The van der Waals surface area contributed by atoms with Gasteiger partial charge in [0.15, 0.2) is 0 Å². The highest BCUT2D eigenvalue weighted by Crippen LogP contribution is 2.24. The van der Waals surface area contributed by atoms with Crippen molar-refractivity contribution in [2.45, 2.75) is 6.04 Å². The van der Waals surface area contributed by atoms with Gasteiger partial charge in [-0.15, -0.1) is 0 Å². The summed E-state index contributed by atoms with van der Waals surface area (Å²) in [6.07, 6.45) is 3.28. The Kier molecular flexibility index (Phi) is 4.79. The Bertz CT molecular complexity index is 655. The molecule has 0 saturated carbocycles. The fourth-order valence-corrected chi connectivity index (χ4v) is 3.06. The van der Waals surface area contributed by atoms with Crippen molar-refractivity contribution in [2.75, 3.05) is 31.1 Å². The second-order valence-electron chi connectivity index (χ2n) is 5.53. The molecule has 0 radical (unpaired) electrons. The minimum Gasteiger partial charge on any atom is -0.480 e. The lowest BCUT2D eigenvalue weighted by Crippen LogP contribution is -2.49. The first-order valence-corrected chi connectivity index (χ1v) is 7.90. The summed E-state index contributed by atoms with van der Waals surface area (Å²) in [7, 11) is 0. The van der Waals surface area contributed by atoms with E-state index in [0.29, 0.717) is 13.1 Å². The average Bonchev–Trinajstić information content (AvgIpc) is 2.57. The van der Waals surface area contributed by atoms with E-state index >= 15 is 0 Å². The summed E-state index contributed by atoms with van der Waals surface area (Å²) in [4.78, 5) is 20.0. The van der Waals surface area contributed by atoms with Gasteiger partial charge in [0.1, 0.15) is 6.04 Å². The molecular formula is C17H18ClN3O2. The van der Waals surface area contributed by atoms with E-state index in [1.54, 1.807) is 18.5 Å². The Labute approximate surface area is 140 Å². The molecule has 3 rings (SSSR count). The largest absolute Gasteiger partial charge is 0.480 e. The van der Waals surface area contributed by atoms with E-state index in [4.69, 9.17) is 11.6 Å². The van der Waals surface area contributed by atoms with Crippen LogP contribution in [0.3, 0.4) is 0 Å². The molecule has 0 unspecified atom stereocenters. The molecule has 2 aromatic rings. The van der Waals surface area contributed by atoms with Crippen molar-refractivity contribution in [2.24, 2.45) is 0 Å². The third kappa shape index (κ3) is 3.63. The number of benzene rings is 1. The van der Waals surface area contributed by atoms with Gasteiger partial charge in [0.2, 0.25) is 0 Å². The van der Waals surface area contributed by atoms with Gasteiger partial charge in [0.05, 0.1) is 0 Å². The quantitative estimate of drug-likeness (QED) is 0.933. The second kappa shape index (κ2) is 6.98. The summed E-state index contributed by atoms with van der Waals surface area (Å²) < 4.78 is 0. The lowest BCUT2D eigenvalue weighted by atomic mass is 10.1. The zero-order chi connectivity index (χ0) is 16.2. The normalized spacial score (nSPS) is 17.0. The van der Waals surface area contributed by atoms with Crippen molar-refractivity contribution < 1.29 is 9.90 Å². The maximum absolute atomic E-state index is 11.7. The Morgan fingerprint density at radius 3 is 2.39 bits per heavy atom. The van der Waals surface area contributed by atoms with E-state index in [1.807, 2.05) is 35.2 Å². The molecule has 23 heavy (non-hydrogen) atoms. The molecule has 6 heteroatoms. The van der Waals surface area contributed by atoms with Crippen molar-refractivity contribution in [3.05, 3.63) is 59.4 Å². The summed E-state index contributed by atoms with van der Waals surface area (Å²) in [5.41, 5.74) is 1.84. The van der Waals surface area contributed by atoms with Crippen LogP contribution in [0.4, 0.5) is 5.69 Å². The number of carboxylic acid groups (broad SMARTS) is 1. The smallest absolute Gasteiger partial charge is 0.325 e. The van der Waals surface area contributed by atoms with Crippen LogP contribution in [0.5, 0.6) is 0 Å². The Morgan fingerprint density at radius 2 is 1.83 bits per heavy atom. The number of rotatable bonds is 4. The molecule has 1 aromatic carbocycles. The van der Waals surface area contributed by atoms with Crippen LogP contribution in [0.25, 0.3) is 0 Å². The van der Waals surface area contributed by atoms with Crippen LogP contribution in [-0.2, 0) is 4.79 Å². The van der Waals surface area contributed by atoms with Crippen molar-refractivity contribution in [1.82, 2.24) is 9.88 Å². The fraction of sp³-hybridized carbons (Fsp3) is 0.294. The predicted molar refractivity (Wildman–Crippen MR) is 89.9 cm³/mol. The van der Waals surface area contributed by atoms with Gasteiger partial charge in [0, 0.05) is 49.3 Å². The molecule has 0 spiro atoms. The number of nitrogens with zero attached hydrogens (tertiary/aromatic N) is 3. The van der Waals surface area contributed by atoms with Crippen molar-refractivity contribution in [3.8, 4) is 0 Å². The Balaban J connectivity index is 1.69. The van der Waals surface area contributed by atoms with Gasteiger partial charge in [-0.1, -0.05) is 17.7 Å². The first-order chi connectivity index (χ1) is 11.1. The van der Waals surface area contributed by atoms with E-state index < -0.39 is 12.0 Å². The van der Waals surface area contributed by atoms with Crippen LogP contribution in [0, 0.1) is 0 Å².